The number of carbonyl (C=O) groups is 1. The van der Waals surface area contributed by atoms with Gasteiger partial charge in [-0.25, -0.2) is 8.42 Å². The van der Waals surface area contributed by atoms with E-state index in [-0.39, 0.29) is 10.8 Å². The molecule has 0 aliphatic carbocycles. The molecule has 1 atom stereocenters. The summed E-state index contributed by atoms with van der Waals surface area (Å²) in [6, 6.07) is 3.03. The molecule has 1 aliphatic rings. The van der Waals surface area contributed by atoms with Crippen LogP contribution in [-0.4, -0.2) is 31.7 Å². The predicted molar refractivity (Wildman–Crippen MR) is 70.0 cm³/mol. The second-order valence-corrected chi connectivity index (χ2v) is 8.04. The van der Waals surface area contributed by atoms with Crippen LogP contribution in [-0.2, 0) is 14.8 Å². The molecule has 8 heteroatoms. The summed E-state index contributed by atoms with van der Waals surface area (Å²) in [5, 5.41) is 0. The SMILES string of the molecule is NC(=O)C1CCCN(S(=O)(=O)c2ccc(Cl)s2)C1. The van der Waals surface area contributed by atoms with Crippen LogP contribution < -0.4 is 5.73 Å². The number of rotatable bonds is 3. The van der Waals surface area contributed by atoms with Gasteiger partial charge in [0.15, 0.2) is 0 Å². The summed E-state index contributed by atoms with van der Waals surface area (Å²) in [5.74, 6) is -0.844. The van der Waals surface area contributed by atoms with Gasteiger partial charge in [0.25, 0.3) is 10.0 Å². The van der Waals surface area contributed by atoms with Crippen LogP contribution in [0.5, 0.6) is 0 Å². The third-order valence-corrected chi connectivity index (χ3v) is 6.49. The van der Waals surface area contributed by atoms with E-state index in [2.05, 4.69) is 0 Å². The van der Waals surface area contributed by atoms with Gasteiger partial charge in [-0.05, 0) is 25.0 Å². The van der Waals surface area contributed by atoms with Gasteiger partial charge in [-0.2, -0.15) is 4.31 Å². The molecule has 2 rings (SSSR count). The first-order chi connectivity index (χ1) is 8.41. The van der Waals surface area contributed by atoms with Gasteiger partial charge in [-0.3, -0.25) is 4.79 Å². The molecule has 1 unspecified atom stereocenters. The van der Waals surface area contributed by atoms with Crippen molar-refractivity contribution in [1.29, 1.82) is 0 Å². The number of hydrogen-bond acceptors (Lipinski definition) is 4. The zero-order chi connectivity index (χ0) is 13.3. The van der Waals surface area contributed by atoms with E-state index in [1.165, 1.54) is 10.4 Å². The average molecular weight is 309 g/mol. The zero-order valence-electron chi connectivity index (χ0n) is 9.50. The van der Waals surface area contributed by atoms with Crippen LogP contribution in [0, 0.1) is 5.92 Å². The van der Waals surface area contributed by atoms with Gasteiger partial charge < -0.3 is 5.73 Å². The highest BCUT2D eigenvalue weighted by Crippen LogP contribution is 2.30. The van der Waals surface area contributed by atoms with Crippen molar-refractivity contribution in [2.24, 2.45) is 11.7 Å². The van der Waals surface area contributed by atoms with Gasteiger partial charge >= 0.3 is 0 Å². The molecular weight excluding hydrogens is 296 g/mol. The second kappa shape index (κ2) is 5.16. The van der Waals surface area contributed by atoms with E-state index in [0.717, 1.165) is 11.3 Å². The Labute approximate surface area is 115 Å². The van der Waals surface area contributed by atoms with Gasteiger partial charge in [0, 0.05) is 13.1 Å². The van der Waals surface area contributed by atoms with Crippen LogP contribution in [0.25, 0.3) is 0 Å². The minimum Gasteiger partial charge on any atom is -0.369 e. The summed E-state index contributed by atoms with van der Waals surface area (Å²) < 4.78 is 26.5. The van der Waals surface area contributed by atoms with E-state index in [4.69, 9.17) is 17.3 Å². The van der Waals surface area contributed by atoms with Crippen molar-refractivity contribution >= 4 is 38.9 Å². The highest BCUT2D eigenvalue weighted by Gasteiger charge is 2.33. The van der Waals surface area contributed by atoms with Gasteiger partial charge in [-0.15, -0.1) is 11.3 Å². The minimum absolute atomic E-state index is 0.160. The zero-order valence-corrected chi connectivity index (χ0v) is 11.9. The molecule has 1 fully saturated rings. The standard InChI is InChI=1S/C10H13ClN2O3S2/c11-8-3-4-9(17-8)18(15,16)13-5-1-2-7(6-13)10(12)14/h3-4,7H,1-2,5-6H2,(H2,12,14). The Bertz CT molecular complexity index is 555. The summed E-state index contributed by atoms with van der Waals surface area (Å²) >= 11 is 6.76. The van der Waals surface area contributed by atoms with Crippen LogP contribution >= 0.6 is 22.9 Å². The van der Waals surface area contributed by atoms with E-state index in [1.54, 1.807) is 6.07 Å². The van der Waals surface area contributed by atoms with E-state index in [0.29, 0.717) is 23.7 Å². The van der Waals surface area contributed by atoms with E-state index < -0.39 is 21.8 Å². The van der Waals surface area contributed by atoms with Gasteiger partial charge in [0.1, 0.15) is 4.21 Å². The fourth-order valence-electron chi connectivity index (χ4n) is 1.96. The summed E-state index contributed by atoms with van der Waals surface area (Å²) in [4.78, 5) is 11.1. The molecule has 2 N–H and O–H groups in total. The lowest BCUT2D eigenvalue weighted by atomic mass is 9.99. The molecule has 0 bridgehead atoms. The monoisotopic (exact) mass is 308 g/mol. The molecule has 0 radical (unpaired) electrons. The van der Waals surface area contributed by atoms with Crippen molar-refractivity contribution in [3.63, 3.8) is 0 Å². The Morgan fingerprint density at radius 1 is 1.50 bits per heavy atom. The predicted octanol–water partition coefficient (Wildman–Crippen LogP) is 1.29. The highest BCUT2D eigenvalue weighted by atomic mass is 35.5. The normalized spacial score (nSPS) is 21.9. The first kappa shape index (κ1) is 13.8. The maximum atomic E-state index is 12.3. The average Bonchev–Trinajstić information content (AvgIpc) is 2.77. The van der Waals surface area contributed by atoms with Gasteiger partial charge in [-0.1, -0.05) is 11.6 Å². The largest absolute Gasteiger partial charge is 0.369 e. The molecule has 5 nitrogen and oxygen atoms in total. The molecule has 0 aromatic carbocycles. The Kier molecular flexibility index (Phi) is 3.96. The number of hydrogen-bond donors (Lipinski definition) is 1. The molecule has 0 spiro atoms. The van der Waals surface area contributed by atoms with Crippen molar-refractivity contribution in [2.75, 3.05) is 13.1 Å². The fourth-order valence-corrected chi connectivity index (χ4v) is 5.12. The van der Waals surface area contributed by atoms with E-state index in [9.17, 15) is 13.2 Å². The Balaban J connectivity index is 2.22. The Morgan fingerprint density at radius 2 is 2.22 bits per heavy atom. The minimum atomic E-state index is -3.55. The molecule has 1 saturated heterocycles. The maximum Gasteiger partial charge on any atom is 0.252 e. The van der Waals surface area contributed by atoms with Gasteiger partial charge in [0.2, 0.25) is 5.91 Å². The summed E-state index contributed by atoms with van der Waals surface area (Å²) in [6.07, 6.45) is 1.29. The Morgan fingerprint density at radius 3 is 2.78 bits per heavy atom. The lowest BCUT2D eigenvalue weighted by Crippen LogP contribution is -2.43. The second-order valence-electron chi connectivity index (χ2n) is 4.16. The molecule has 18 heavy (non-hydrogen) atoms. The number of nitrogens with two attached hydrogens (primary N) is 1. The topological polar surface area (TPSA) is 80.5 Å². The van der Waals surface area contributed by atoms with E-state index in [1.807, 2.05) is 0 Å². The van der Waals surface area contributed by atoms with Crippen LogP contribution in [0.3, 0.4) is 0 Å². The molecule has 1 aromatic rings. The molecule has 2 heterocycles. The number of amides is 1. The number of sulfonamides is 1. The summed E-state index contributed by atoms with van der Waals surface area (Å²) in [7, 11) is -3.55. The van der Waals surface area contributed by atoms with Gasteiger partial charge in [0.05, 0.1) is 10.3 Å². The number of thiophene rings is 1. The number of piperidine rings is 1. The van der Waals surface area contributed by atoms with Crippen molar-refractivity contribution < 1.29 is 13.2 Å². The van der Waals surface area contributed by atoms with Crippen molar-refractivity contribution in [1.82, 2.24) is 4.31 Å². The highest BCUT2D eigenvalue weighted by molar-refractivity contribution is 7.91. The van der Waals surface area contributed by atoms with Crippen LogP contribution in [0.4, 0.5) is 0 Å². The van der Waals surface area contributed by atoms with Crippen molar-refractivity contribution in [3.8, 4) is 0 Å². The fraction of sp³-hybridized carbons (Fsp3) is 0.500. The molecule has 1 aliphatic heterocycles. The number of nitrogens with zero attached hydrogens (tertiary/aromatic N) is 1. The summed E-state index contributed by atoms with van der Waals surface area (Å²) in [6.45, 7) is 0.578. The molecule has 0 saturated carbocycles. The maximum absolute atomic E-state index is 12.3. The van der Waals surface area contributed by atoms with E-state index >= 15 is 0 Å². The third-order valence-electron chi connectivity index (χ3n) is 2.93. The third kappa shape index (κ3) is 2.69. The van der Waals surface area contributed by atoms with Crippen LogP contribution in [0.15, 0.2) is 16.3 Å². The first-order valence-corrected chi connectivity index (χ1v) is 8.09. The number of halogens is 1. The number of carbonyl (C=O) groups excluding carboxylic acids is 1. The lowest BCUT2D eigenvalue weighted by molar-refractivity contribution is -0.122. The quantitative estimate of drug-likeness (QED) is 0.913. The summed E-state index contributed by atoms with van der Waals surface area (Å²) in [5.41, 5.74) is 5.24. The molecule has 100 valence electrons. The first-order valence-electron chi connectivity index (χ1n) is 5.46. The molecule has 1 aromatic heterocycles. The lowest BCUT2D eigenvalue weighted by Gasteiger charge is -2.29. The van der Waals surface area contributed by atoms with Crippen molar-refractivity contribution in [3.05, 3.63) is 16.5 Å². The number of primary amides is 1. The Hall–Kier alpha value is -0.630. The van der Waals surface area contributed by atoms with Crippen molar-refractivity contribution in [2.45, 2.75) is 17.1 Å². The molecule has 1 amide bonds. The van der Waals surface area contributed by atoms with Crippen LogP contribution in [0.2, 0.25) is 4.34 Å². The smallest absolute Gasteiger partial charge is 0.252 e. The molecular formula is C10H13ClN2O3S2. The van der Waals surface area contributed by atoms with Crippen LogP contribution in [0.1, 0.15) is 12.8 Å².